The Kier molecular flexibility index (Phi) is 3.02. The maximum absolute atomic E-state index is 10.9. The van der Waals surface area contributed by atoms with Gasteiger partial charge in [0.25, 0.3) is 0 Å². The van der Waals surface area contributed by atoms with Crippen molar-refractivity contribution < 1.29 is 9.53 Å². The Morgan fingerprint density at radius 2 is 2.41 bits per heavy atom. The highest BCUT2D eigenvalue weighted by atomic mass is 16.5. The van der Waals surface area contributed by atoms with E-state index >= 15 is 0 Å². The monoisotopic (exact) mass is 235 g/mol. The average Bonchev–Trinajstić information content (AvgIpc) is 2.60. The number of carbonyl (C=O) groups excluding carboxylic acids is 1. The number of ether oxygens (including phenoxy) is 1. The molecule has 17 heavy (non-hydrogen) atoms. The van der Waals surface area contributed by atoms with Crippen molar-refractivity contribution >= 4 is 11.7 Å². The number of carbonyl (C=O) groups is 1. The number of pyridine rings is 1. The molecule has 5 heteroatoms. The Morgan fingerprint density at radius 1 is 1.65 bits per heavy atom. The summed E-state index contributed by atoms with van der Waals surface area (Å²) in [5, 5.41) is 3.34. The number of hydrogen-bond donors (Lipinski definition) is 2. The Labute approximate surface area is 100 Å². The molecule has 92 valence electrons. The molecule has 1 aliphatic rings. The van der Waals surface area contributed by atoms with Crippen LogP contribution in [0.2, 0.25) is 0 Å². The second-order valence-corrected chi connectivity index (χ2v) is 4.60. The molecule has 0 radical (unpaired) electrons. The molecular formula is C12H17N3O2. The number of hydrogen-bond acceptors (Lipinski definition) is 4. The van der Waals surface area contributed by atoms with E-state index in [0.717, 1.165) is 18.8 Å². The van der Waals surface area contributed by atoms with Gasteiger partial charge in [-0.3, -0.25) is 4.79 Å². The number of nitrogens with one attached hydrogen (secondary N) is 1. The van der Waals surface area contributed by atoms with Crippen molar-refractivity contribution in [3.63, 3.8) is 0 Å². The van der Waals surface area contributed by atoms with Crippen molar-refractivity contribution in [2.24, 2.45) is 5.73 Å². The lowest BCUT2D eigenvalue weighted by Crippen LogP contribution is -2.41. The molecule has 0 bridgehead atoms. The van der Waals surface area contributed by atoms with E-state index in [2.05, 4.69) is 17.2 Å². The van der Waals surface area contributed by atoms with Crippen LogP contribution in [0.5, 0.6) is 0 Å². The maximum Gasteiger partial charge on any atom is 0.250 e. The first-order valence-corrected chi connectivity index (χ1v) is 5.67. The van der Waals surface area contributed by atoms with Gasteiger partial charge in [0.2, 0.25) is 5.91 Å². The molecule has 2 heterocycles. The first-order valence-electron chi connectivity index (χ1n) is 5.67. The molecule has 2 atom stereocenters. The minimum atomic E-state index is -0.465. The van der Waals surface area contributed by atoms with E-state index in [1.165, 1.54) is 6.20 Å². The second kappa shape index (κ2) is 4.33. The summed E-state index contributed by atoms with van der Waals surface area (Å²) in [7, 11) is 0. The lowest BCUT2D eigenvalue weighted by atomic mass is 9.95. The van der Waals surface area contributed by atoms with Crippen molar-refractivity contribution in [3.05, 3.63) is 23.9 Å². The van der Waals surface area contributed by atoms with Crippen molar-refractivity contribution in [1.82, 2.24) is 4.98 Å². The van der Waals surface area contributed by atoms with Gasteiger partial charge >= 0.3 is 0 Å². The molecule has 2 unspecified atom stereocenters. The lowest BCUT2D eigenvalue weighted by molar-refractivity contribution is 0.0999. The average molecular weight is 235 g/mol. The van der Waals surface area contributed by atoms with Gasteiger partial charge in [0.1, 0.15) is 5.82 Å². The van der Waals surface area contributed by atoms with E-state index in [1.54, 1.807) is 12.1 Å². The van der Waals surface area contributed by atoms with E-state index in [4.69, 9.17) is 10.5 Å². The van der Waals surface area contributed by atoms with Crippen molar-refractivity contribution in [2.75, 3.05) is 11.9 Å². The lowest BCUT2D eigenvalue weighted by Gasteiger charge is -2.29. The summed E-state index contributed by atoms with van der Waals surface area (Å²) in [6.45, 7) is 4.90. The Morgan fingerprint density at radius 3 is 2.88 bits per heavy atom. The van der Waals surface area contributed by atoms with Crippen LogP contribution in [-0.4, -0.2) is 29.1 Å². The Balaban J connectivity index is 2.11. The predicted octanol–water partition coefficient (Wildman–Crippen LogP) is 1.16. The normalized spacial score (nSPS) is 28.0. The minimum absolute atomic E-state index is 0.110. The third-order valence-corrected chi connectivity index (χ3v) is 3.35. The zero-order valence-corrected chi connectivity index (χ0v) is 10.1. The van der Waals surface area contributed by atoms with E-state index in [-0.39, 0.29) is 11.6 Å². The molecule has 1 aromatic heterocycles. The molecule has 0 saturated carbocycles. The largest absolute Gasteiger partial charge is 0.376 e. The van der Waals surface area contributed by atoms with Crippen molar-refractivity contribution in [1.29, 1.82) is 0 Å². The van der Waals surface area contributed by atoms with Gasteiger partial charge in [-0.05, 0) is 32.4 Å². The van der Waals surface area contributed by atoms with Gasteiger partial charge in [-0.15, -0.1) is 0 Å². The molecule has 1 saturated heterocycles. The van der Waals surface area contributed by atoms with Gasteiger partial charge < -0.3 is 15.8 Å². The fraction of sp³-hybridized carbons (Fsp3) is 0.500. The van der Waals surface area contributed by atoms with Crippen LogP contribution in [0.3, 0.4) is 0 Å². The Hall–Kier alpha value is -1.62. The summed E-state index contributed by atoms with van der Waals surface area (Å²) >= 11 is 0. The van der Waals surface area contributed by atoms with Crippen LogP contribution < -0.4 is 11.1 Å². The quantitative estimate of drug-likeness (QED) is 0.824. The zero-order valence-electron chi connectivity index (χ0n) is 10.1. The number of aromatic nitrogens is 1. The summed E-state index contributed by atoms with van der Waals surface area (Å²) in [6.07, 6.45) is 2.56. The van der Waals surface area contributed by atoms with E-state index in [0.29, 0.717) is 5.56 Å². The standard InChI is InChI=1S/C12H17N3O2/c1-8-12(2,5-6-17-8)15-10-4-3-9(7-14-10)11(13)16/h3-4,7-8H,5-6H2,1-2H3,(H2,13,16)(H,14,15). The van der Waals surface area contributed by atoms with Gasteiger partial charge in [0, 0.05) is 12.8 Å². The van der Waals surface area contributed by atoms with Gasteiger partial charge in [-0.2, -0.15) is 0 Å². The van der Waals surface area contributed by atoms with Crippen LogP contribution in [0.4, 0.5) is 5.82 Å². The minimum Gasteiger partial charge on any atom is -0.376 e. The number of nitrogens with zero attached hydrogens (tertiary/aromatic N) is 1. The van der Waals surface area contributed by atoms with Crippen LogP contribution in [0.1, 0.15) is 30.6 Å². The second-order valence-electron chi connectivity index (χ2n) is 4.60. The van der Waals surface area contributed by atoms with E-state index in [9.17, 15) is 4.79 Å². The van der Waals surface area contributed by atoms with E-state index < -0.39 is 5.91 Å². The zero-order chi connectivity index (χ0) is 12.5. The molecule has 1 amide bonds. The number of rotatable bonds is 3. The first kappa shape index (κ1) is 11.9. The van der Waals surface area contributed by atoms with Crippen LogP contribution in [0.25, 0.3) is 0 Å². The van der Waals surface area contributed by atoms with Gasteiger partial charge in [-0.25, -0.2) is 4.98 Å². The predicted molar refractivity (Wildman–Crippen MR) is 64.8 cm³/mol. The third kappa shape index (κ3) is 2.39. The third-order valence-electron chi connectivity index (χ3n) is 3.35. The SMILES string of the molecule is CC1OCCC1(C)Nc1ccc(C(N)=O)cn1. The van der Waals surface area contributed by atoms with Crippen molar-refractivity contribution in [2.45, 2.75) is 31.9 Å². The summed E-state index contributed by atoms with van der Waals surface area (Å²) in [5.41, 5.74) is 5.46. The highest BCUT2D eigenvalue weighted by molar-refractivity contribution is 5.92. The molecule has 0 aromatic carbocycles. The molecule has 2 rings (SSSR count). The fourth-order valence-electron chi connectivity index (χ4n) is 1.91. The summed E-state index contributed by atoms with van der Waals surface area (Å²) in [4.78, 5) is 15.1. The highest BCUT2D eigenvalue weighted by Gasteiger charge is 2.37. The van der Waals surface area contributed by atoms with Crippen LogP contribution >= 0.6 is 0 Å². The molecule has 5 nitrogen and oxygen atoms in total. The smallest absolute Gasteiger partial charge is 0.250 e. The topological polar surface area (TPSA) is 77.2 Å². The molecule has 1 aliphatic heterocycles. The van der Waals surface area contributed by atoms with Crippen LogP contribution in [-0.2, 0) is 4.74 Å². The van der Waals surface area contributed by atoms with Crippen LogP contribution in [0, 0.1) is 0 Å². The van der Waals surface area contributed by atoms with Crippen molar-refractivity contribution in [3.8, 4) is 0 Å². The summed E-state index contributed by atoms with van der Waals surface area (Å²) in [5.74, 6) is 0.266. The Bertz CT molecular complexity index is 418. The number of primary amides is 1. The highest BCUT2D eigenvalue weighted by Crippen LogP contribution is 2.28. The molecular weight excluding hydrogens is 218 g/mol. The molecule has 1 fully saturated rings. The maximum atomic E-state index is 10.9. The van der Waals surface area contributed by atoms with E-state index in [1.807, 2.05) is 6.92 Å². The summed E-state index contributed by atoms with van der Waals surface area (Å²) in [6, 6.07) is 3.43. The number of anilines is 1. The molecule has 3 N–H and O–H groups in total. The molecule has 0 spiro atoms. The van der Waals surface area contributed by atoms with Gasteiger partial charge in [0.05, 0.1) is 17.2 Å². The number of nitrogens with two attached hydrogens (primary N) is 1. The van der Waals surface area contributed by atoms with Gasteiger partial charge in [-0.1, -0.05) is 0 Å². The van der Waals surface area contributed by atoms with Crippen LogP contribution in [0.15, 0.2) is 18.3 Å². The molecule has 1 aromatic rings. The fourth-order valence-corrected chi connectivity index (χ4v) is 1.91. The van der Waals surface area contributed by atoms with Gasteiger partial charge in [0.15, 0.2) is 0 Å². The summed E-state index contributed by atoms with van der Waals surface area (Å²) < 4.78 is 5.54. The number of amides is 1. The molecule has 0 aliphatic carbocycles. The first-order chi connectivity index (χ1) is 8.01.